The van der Waals surface area contributed by atoms with E-state index in [2.05, 4.69) is 39.8 Å². The van der Waals surface area contributed by atoms with Crippen molar-refractivity contribution in [3.63, 3.8) is 0 Å². The molecule has 0 aliphatic carbocycles. The van der Waals surface area contributed by atoms with Crippen molar-refractivity contribution in [1.82, 2.24) is 0 Å². The highest BCUT2D eigenvalue weighted by atomic mass is 16.6. The van der Waals surface area contributed by atoms with Crippen molar-refractivity contribution in [3.05, 3.63) is 42.5 Å². The van der Waals surface area contributed by atoms with Crippen LogP contribution in [0.4, 0.5) is 0 Å². The van der Waals surface area contributed by atoms with Crippen LogP contribution in [0.15, 0.2) is 42.5 Å². The molecule has 1 atom stereocenters. The van der Waals surface area contributed by atoms with Crippen molar-refractivity contribution < 1.29 is 14.3 Å². The Labute approximate surface area is 145 Å². The molecule has 0 heterocycles. The summed E-state index contributed by atoms with van der Waals surface area (Å²) in [7, 11) is 0. The van der Waals surface area contributed by atoms with Gasteiger partial charge in [0.15, 0.2) is 0 Å². The molecule has 0 aromatic heterocycles. The van der Waals surface area contributed by atoms with E-state index in [0.717, 1.165) is 17.6 Å². The number of ether oxygens (including phenoxy) is 2. The molecule has 0 spiro atoms. The maximum absolute atomic E-state index is 12.2. The smallest absolute Gasteiger partial charge is 0.309 e. The summed E-state index contributed by atoms with van der Waals surface area (Å²) in [4.78, 5) is 12.2. The van der Waals surface area contributed by atoms with Gasteiger partial charge in [-0.2, -0.15) is 0 Å². The topological polar surface area (TPSA) is 35.5 Å². The predicted molar refractivity (Wildman–Crippen MR) is 98.2 cm³/mol. The summed E-state index contributed by atoms with van der Waals surface area (Å²) in [5, 5.41) is 2.33. The minimum absolute atomic E-state index is 0.0364. The Morgan fingerprint density at radius 3 is 2.33 bits per heavy atom. The summed E-state index contributed by atoms with van der Waals surface area (Å²) in [5.74, 6) is 1.43. The molecule has 0 aliphatic heterocycles. The van der Waals surface area contributed by atoms with E-state index in [-0.39, 0.29) is 18.5 Å². The van der Waals surface area contributed by atoms with Gasteiger partial charge >= 0.3 is 5.97 Å². The molecule has 24 heavy (non-hydrogen) atoms. The molecule has 1 unspecified atom stereocenters. The average molecular weight is 328 g/mol. The number of carbonyl (C=O) groups excluding carboxylic acids is 1. The van der Waals surface area contributed by atoms with Crippen molar-refractivity contribution in [3.8, 4) is 5.75 Å². The van der Waals surface area contributed by atoms with E-state index in [1.165, 1.54) is 5.39 Å². The lowest BCUT2D eigenvalue weighted by Crippen LogP contribution is -2.26. The normalized spacial score (nSPS) is 12.6. The van der Waals surface area contributed by atoms with Gasteiger partial charge in [-0.1, -0.05) is 58.0 Å². The van der Waals surface area contributed by atoms with Gasteiger partial charge in [-0.15, -0.1) is 0 Å². The summed E-state index contributed by atoms with van der Waals surface area (Å²) >= 11 is 0. The van der Waals surface area contributed by atoms with E-state index in [0.29, 0.717) is 18.4 Å². The van der Waals surface area contributed by atoms with E-state index >= 15 is 0 Å². The zero-order valence-corrected chi connectivity index (χ0v) is 15.1. The Morgan fingerprint density at radius 1 is 0.958 bits per heavy atom. The first-order valence-corrected chi connectivity index (χ1v) is 8.75. The first-order valence-electron chi connectivity index (χ1n) is 8.75. The van der Waals surface area contributed by atoms with E-state index in [4.69, 9.17) is 9.47 Å². The molecule has 3 heteroatoms. The molecule has 0 saturated heterocycles. The lowest BCUT2D eigenvalue weighted by molar-refractivity contribution is -0.151. The fourth-order valence-corrected chi connectivity index (χ4v) is 2.81. The summed E-state index contributed by atoms with van der Waals surface area (Å²) in [6, 6.07) is 14.1. The molecule has 2 aromatic carbocycles. The lowest BCUT2D eigenvalue weighted by Gasteiger charge is -2.21. The number of esters is 1. The fourth-order valence-electron chi connectivity index (χ4n) is 2.81. The number of fused-ring (bicyclic) bond motifs is 1. The lowest BCUT2D eigenvalue weighted by atomic mass is 9.88. The number of rotatable bonds is 8. The van der Waals surface area contributed by atoms with Gasteiger partial charge < -0.3 is 9.47 Å². The molecule has 3 nitrogen and oxygen atoms in total. The highest BCUT2D eigenvalue weighted by Gasteiger charge is 2.24. The van der Waals surface area contributed by atoms with Crippen molar-refractivity contribution in [1.29, 1.82) is 0 Å². The summed E-state index contributed by atoms with van der Waals surface area (Å²) in [6.07, 6.45) is 0.863. The number of benzene rings is 2. The Hall–Kier alpha value is -2.03. The van der Waals surface area contributed by atoms with E-state index in [9.17, 15) is 4.79 Å². The van der Waals surface area contributed by atoms with Crippen LogP contribution in [0.5, 0.6) is 5.75 Å². The quantitative estimate of drug-likeness (QED) is 0.501. The average Bonchev–Trinajstić information content (AvgIpc) is 2.55. The predicted octanol–water partition coefficient (Wildman–Crippen LogP) is 5.08. The maximum Gasteiger partial charge on any atom is 0.309 e. The van der Waals surface area contributed by atoms with Crippen LogP contribution in [0.25, 0.3) is 10.8 Å². The fraction of sp³-hybridized carbons (Fsp3) is 0.476. The molecule has 2 rings (SSSR count). The van der Waals surface area contributed by atoms with E-state index < -0.39 is 0 Å². The van der Waals surface area contributed by atoms with Crippen LogP contribution < -0.4 is 4.74 Å². The van der Waals surface area contributed by atoms with Gasteiger partial charge in [-0.25, -0.2) is 0 Å². The van der Waals surface area contributed by atoms with Gasteiger partial charge in [0.05, 0.1) is 5.92 Å². The van der Waals surface area contributed by atoms with Crippen molar-refractivity contribution in [2.24, 2.45) is 17.8 Å². The standard InChI is InChI=1S/C21H28O3/c1-15(2)13-20(16(3)4)21(22)24-12-11-23-19-10-9-17-7-5-6-8-18(17)14-19/h5-10,14-16,20H,11-13H2,1-4H3. The molecule has 0 aliphatic rings. The third-order valence-corrected chi connectivity index (χ3v) is 4.15. The van der Waals surface area contributed by atoms with Crippen molar-refractivity contribution in [2.45, 2.75) is 34.1 Å². The molecule has 0 amide bonds. The van der Waals surface area contributed by atoms with Crippen LogP contribution in [-0.2, 0) is 9.53 Å². The van der Waals surface area contributed by atoms with Gasteiger partial charge in [-0.3, -0.25) is 4.79 Å². The highest BCUT2D eigenvalue weighted by molar-refractivity contribution is 5.83. The first kappa shape index (κ1) is 18.3. The monoisotopic (exact) mass is 328 g/mol. The molecule has 0 saturated carbocycles. The SMILES string of the molecule is CC(C)CC(C(=O)OCCOc1ccc2ccccc2c1)C(C)C. The summed E-state index contributed by atoms with van der Waals surface area (Å²) < 4.78 is 11.1. The molecule has 0 N–H and O–H groups in total. The number of hydrogen-bond donors (Lipinski definition) is 0. The Bertz CT molecular complexity index is 661. The highest BCUT2D eigenvalue weighted by Crippen LogP contribution is 2.22. The second-order valence-corrected chi connectivity index (χ2v) is 7.00. The second kappa shape index (κ2) is 8.72. The Kier molecular flexibility index (Phi) is 6.65. The Balaban J connectivity index is 1.81. The summed E-state index contributed by atoms with van der Waals surface area (Å²) in [6.45, 7) is 9.06. The zero-order valence-electron chi connectivity index (χ0n) is 15.1. The number of hydrogen-bond acceptors (Lipinski definition) is 3. The molecule has 0 bridgehead atoms. The number of carbonyl (C=O) groups is 1. The van der Waals surface area contributed by atoms with Gasteiger partial charge in [0.2, 0.25) is 0 Å². The van der Waals surface area contributed by atoms with E-state index in [1.54, 1.807) is 0 Å². The molecule has 0 radical (unpaired) electrons. The van der Waals surface area contributed by atoms with Crippen LogP contribution in [0.3, 0.4) is 0 Å². The molecule has 2 aromatic rings. The zero-order chi connectivity index (χ0) is 17.5. The van der Waals surface area contributed by atoms with Crippen molar-refractivity contribution in [2.75, 3.05) is 13.2 Å². The molecular weight excluding hydrogens is 300 g/mol. The van der Waals surface area contributed by atoms with Crippen LogP contribution in [0.2, 0.25) is 0 Å². The van der Waals surface area contributed by atoms with E-state index in [1.807, 2.05) is 30.3 Å². The van der Waals surface area contributed by atoms with Crippen LogP contribution in [0, 0.1) is 17.8 Å². The minimum Gasteiger partial charge on any atom is -0.490 e. The molecule has 0 fully saturated rings. The third-order valence-electron chi connectivity index (χ3n) is 4.15. The van der Waals surface area contributed by atoms with Crippen molar-refractivity contribution >= 4 is 16.7 Å². The van der Waals surface area contributed by atoms with Gasteiger partial charge in [0.25, 0.3) is 0 Å². The van der Waals surface area contributed by atoms with Crippen LogP contribution >= 0.6 is 0 Å². The second-order valence-electron chi connectivity index (χ2n) is 7.00. The Morgan fingerprint density at radius 2 is 1.67 bits per heavy atom. The first-order chi connectivity index (χ1) is 11.5. The van der Waals surface area contributed by atoms with Gasteiger partial charge in [0, 0.05) is 0 Å². The molecule has 130 valence electrons. The van der Waals surface area contributed by atoms with Crippen LogP contribution in [-0.4, -0.2) is 19.2 Å². The largest absolute Gasteiger partial charge is 0.490 e. The van der Waals surface area contributed by atoms with Gasteiger partial charge in [-0.05, 0) is 41.2 Å². The maximum atomic E-state index is 12.2. The third kappa shape index (κ3) is 5.26. The summed E-state index contributed by atoms with van der Waals surface area (Å²) in [5.41, 5.74) is 0. The van der Waals surface area contributed by atoms with Gasteiger partial charge in [0.1, 0.15) is 19.0 Å². The molecular formula is C21H28O3. The minimum atomic E-state index is -0.110. The van der Waals surface area contributed by atoms with Crippen LogP contribution in [0.1, 0.15) is 34.1 Å².